The second kappa shape index (κ2) is 8.61. The number of pyridine rings is 1. The van der Waals surface area contributed by atoms with Gasteiger partial charge in [0.25, 0.3) is 5.91 Å². The number of hydrogen-bond donors (Lipinski definition) is 1. The number of aromatic nitrogens is 1. The zero-order chi connectivity index (χ0) is 20.2. The Labute approximate surface area is 171 Å². The molecular formula is C22H27N5O2. The van der Waals surface area contributed by atoms with E-state index in [4.69, 9.17) is 0 Å². The minimum absolute atomic E-state index is 0.00824. The standard InChI is InChI=1S/C22H27N5O2/c1-17(28)25-12-14-26(15-13-25)22(29)19-8-5-9-24-21(19)27-11-10-23-20(16-27)18-6-3-2-4-7-18/h2-9,20,23H,10-16H2,1H3/t20-/m0/s1. The van der Waals surface area contributed by atoms with Crippen molar-refractivity contribution in [3.05, 3.63) is 59.8 Å². The Bertz CT molecular complexity index is 865. The Hall–Kier alpha value is -2.93. The highest BCUT2D eigenvalue weighted by Crippen LogP contribution is 2.25. The van der Waals surface area contributed by atoms with Gasteiger partial charge in [-0.1, -0.05) is 30.3 Å². The molecule has 2 saturated heterocycles. The summed E-state index contributed by atoms with van der Waals surface area (Å²) in [6.07, 6.45) is 1.75. The van der Waals surface area contributed by atoms with E-state index in [1.807, 2.05) is 35.2 Å². The molecule has 3 heterocycles. The maximum absolute atomic E-state index is 13.2. The van der Waals surface area contributed by atoms with Gasteiger partial charge in [-0.25, -0.2) is 4.98 Å². The molecule has 1 aromatic carbocycles. The minimum Gasteiger partial charge on any atom is -0.353 e. The lowest BCUT2D eigenvalue weighted by atomic mass is 10.0. The number of nitrogens with zero attached hydrogens (tertiary/aromatic N) is 4. The summed E-state index contributed by atoms with van der Waals surface area (Å²) in [6, 6.07) is 14.2. The van der Waals surface area contributed by atoms with Gasteiger partial charge in [-0.3, -0.25) is 9.59 Å². The highest BCUT2D eigenvalue weighted by Gasteiger charge is 2.29. The number of rotatable bonds is 3. The largest absolute Gasteiger partial charge is 0.353 e. The third-order valence-electron chi connectivity index (χ3n) is 5.71. The monoisotopic (exact) mass is 393 g/mol. The molecule has 0 radical (unpaired) electrons. The molecule has 2 fully saturated rings. The van der Waals surface area contributed by atoms with Gasteiger partial charge >= 0.3 is 0 Å². The zero-order valence-electron chi connectivity index (χ0n) is 16.8. The third kappa shape index (κ3) is 4.24. The molecule has 7 heteroatoms. The maximum atomic E-state index is 13.2. The van der Waals surface area contributed by atoms with Gasteiger partial charge < -0.3 is 20.0 Å². The molecule has 0 bridgehead atoms. The minimum atomic E-state index is -0.00824. The fourth-order valence-corrected chi connectivity index (χ4v) is 4.06. The lowest BCUT2D eigenvalue weighted by Crippen LogP contribution is -2.50. The lowest BCUT2D eigenvalue weighted by molar-refractivity contribution is -0.130. The van der Waals surface area contributed by atoms with Gasteiger partial charge in [0, 0.05) is 65.0 Å². The van der Waals surface area contributed by atoms with Crippen molar-refractivity contribution in [1.29, 1.82) is 0 Å². The van der Waals surface area contributed by atoms with Crippen LogP contribution in [0.3, 0.4) is 0 Å². The highest BCUT2D eigenvalue weighted by atomic mass is 16.2. The van der Waals surface area contributed by atoms with Crippen molar-refractivity contribution in [2.24, 2.45) is 0 Å². The van der Waals surface area contributed by atoms with Crippen LogP contribution in [-0.2, 0) is 4.79 Å². The zero-order valence-corrected chi connectivity index (χ0v) is 16.8. The van der Waals surface area contributed by atoms with E-state index in [-0.39, 0.29) is 17.9 Å². The van der Waals surface area contributed by atoms with Crippen molar-refractivity contribution < 1.29 is 9.59 Å². The molecule has 2 aliphatic rings. The number of anilines is 1. The normalized spacial score (nSPS) is 19.9. The summed E-state index contributed by atoms with van der Waals surface area (Å²) < 4.78 is 0. The van der Waals surface area contributed by atoms with Gasteiger partial charge in [-0.2, -0.15) is 0 Å². The first-order chi connectivity index (χ1) is 14.1. The molecule has 1 aromatic heterocycles. The van der Waals surface area contributed by atoms with E-state index in [2.05, 4.69) is 27.3 Å². The Kier molecular flexibility index (Phi) is 5.76. The molecule has 152 valence electrons. The van der Waals surface area contributed by atoms with E-state index in [0.29, 0.717) is 31.7 Å². The number of piperazine rings is 2. The van der Waals surface area contributed by atoms with Gasteiger partial charge in [-0.05, 0) is 17.7 Å². The van der Waals surface area contributed by atoms with Gasteiger partial charge in [-0.15, -0.1) is 0 Å². The van der Waals surface area contributed by atoms with E-state index in [0.717, 1.165) is 25.5 Å². The molecule has 1 atom stereocenters. The van der Waals surface area contributed by atoms with Crippen LogP contribution < -0.4 is 10.2 Å². The smallest absolute Gasteiger partial charge is 0.257 e. The average Bonchev–Trinajstić information content (AvgIpc) is 2.79. The van der Waals surface area contributed by atoms with Crippen molar-refractivity contribution in [2.75, 3.05) is 50.7 Å². The molecular weight excluding hydrogens is 366 g/mol. The average molecular weight is 393 g/mol. The van der Waals surface area contributed by atoms with E-state index >= 15 is 0 Å². The van der Waals surface area contributed by atoms with Crippen LogP contribution in [0.4, 0.5) is 5.82 Å². The van der Waals surface area contributed by atoms with E-state index in [1.165, 1.54) is 5.56 Å². The Morgan fingerprint density at radius 1 is 0.966 bits per heavy atom. The van der Waals surface area contributed by atoms with Gasteiger partial charge in [0.15, 0.2) is 0 Å². The SMILES string of the molecule is CC(=O)N1CCN(C(=O)c2cccnc2N2CCN[C@H](c3ccccc3)C2)CC1. The van der Waals surface area contributed by atoms with Crippen LogP contribution >= 0.6 is 0 Å². The van der Waals surface area contributed by atoms with Crippen LogP contribution in [0.25, 0.3) is 0 Å². The van der Waals surface area contributed by atoms with Crippen LogP contribution in [0.15, 0.2) is 48.7 Å². The summed E-state index contributed by atoms with van der Waals surface area (Å²) in [7, 11) is 0. The molecule has 0 unspecified atom stereocenters. The fraction of sp³-hybridized carbons (Fsp3) is 0.409. The van der Waals surface area contributed by atoms with E-state index in [1.54, 1.807) is 18.0 Å². The Morgan fingerprint density at radius 3 is 2.41 bits per heavy atom. The van der Waals surface area contributed by atoms with Crippen LogP contribution in [-0.4, -0.2) is 72.4 Å². The Morgan fingerprint density at radius 2 is 1.69 bits per heavy atom. The fourth-order valence-electron chi connectivity index (χ4n) is 4.06. The van der Waals surface area contributed by atoms with Crippen molar-refractivity contribution in [3.8, 4) is 0 Å². The maximum Gasteiger partial charge on any atom is 0.257 e. The summed E-state index contributed by atoms with van der Waals surface area (Å²) >= 11 is 0. The predicted octanol–water partition coefficient (Wildman–Crippen LogP) is 1.54. The first-order valence-corrected chi connectivity index (χ1v) is 10.2. The molecule has 4 rings (SSSR count). The van der Waals surface area contributed by atoms with Gasteiger partial charge in [0.2, 0.25) is 5.91 Å². The number of nitrogens with one attached hydrogen (secondary N) is 1. The molecule has 0 aliphatic carbocycles. The summed E-state index contributed by atoms with van der Waals surface area (Å²) in [5.41, 5.74) is 1.87. The molecule has 2 amide bonds. The van der Waals surface area contributed by atoms with E-state index < -0.39 is 0 Å². The van der Waals surface area contributed by atoms with Crippen molar-refractivity contribution in [1.82, 2.24) is 20.1 Å². The second-order valence-corrected chi connectivity index (χ2v) is 7.54. The first kappa shape index (κ1) is 19.4. The first-order valence-electron chi connectivity index (χ1n) is 10.2. The number of amides is 2. The summed E-state index contributed by atoms with van der Waals surface area (Å²) in [5, 5.41) is 3.56. The van der Waals surface area contributed by atoms with Crippen molar-refractivity contribution in [2.45, 2.75) is 13.0 Å². The number of carbonyl (C=O) groups is 2. The van der Waals surface area contributed by atoms with Crippen LogP contribution in [0, 0.1) is 0 Å². The summed E-state index contributed by atoms with van der Waals surface area (Å²) in [5.74, 6) is 0.798. The molecule has 29 heavy (non-hydrogen) atoms. The van der Waals surface area contributed by atoms with Crippen molar-refractivity contribution >= 4 is 17.6 Å². The van der Waals surface area contributed by atoms with Crippen molar-refractivity contribution in [3.63, 3.8) is 0 Å². The molecule has 2 aromatic rings. The van der Waals surface area contributed by atoms with Crippen LogP contribution in [0.5, 0.6) is 0 Å². The van der Waals surface area contributed by atoms with Gasteiger partial charge in [0.1, 0.15) is 5.82 Å². The van der Waals surface area contributed by atoms with E-state index in [9.17, 15) is 9.59 Å². The number of carbonyl (C=O) groups excluding carboxylic acids is 2. The lowest BCUT2D eigenvalue weighted by Gasteiger charge is -2.37. The number of benzene rings is 1. The quantitative estimate of drug-likeness (QED) is 0.857. The van der Waals surface area contributed by atoms with Crippen LogP contribution in [0.1, 0.15) is 28.9 Å². The number of hydrogen-bond acceptors (Lipinski definition) is 5. The summed E-state index contributed by atoms with van der Waals surface area (Å²) in [6.45, 7) is 6.26. The van der Waals surface area contributed by atoms with Crippen LogP contribution in [0.2, 0.25) is 0 Å². The third-order valence-corrected chi connectivity index (χ3v) is 5.71. The molecule has 7 nitrogen and oxygen atoms in total. The van der Waals surface area contributed by atoms with Gasteiger partial charge in [0.05, 0.1) is 5.56 Å². The summed E-state index contributed by atoms with van der Waals surface area (Å²) in [4.78, 5) is 35.2. The molecule has 0 spiro atoms. The predicted molar refractivity (Wildman–Crippen MR) is 112 cm³/mol. The topological polar surface area (TPSA) is 68.8 Å². The second-order valence-electron chi connectivity index (χ2n) is 7.54. The Balaban J connectivity index is 1.51. The molecule has 2 aliphatic heterocycles. The molecule has 1 N–H and O–H groups in total. The highest BCUT2D eigenvalue weighted by molar-refractivity contribution is 5.99. The molecule has 0 saturated carbocycles.